The van der Waals surface area contributed by atoms with E-state index in [1.54, 1.807) is 25.4 Å². The Hall–Kier alpha value is -1.62. The molecule has 2 rings (SSSR count). The van der Waals surface area contributed by atoms with Crippen LogP contribution in [0.1, 0.15) is 24.2 Å². The molecule has 1 saturated heterocycles. The number of carbonyl (C=O) groups excluding carboxylic acids is 1. The van der Waals surface area contributed by atoms with Gasteiger partial charge in [-0.15, -0.1) is 0 Å². The largest absolute Gasteiger partial charge is 0.373 e. The maximum absolute atomic E-state index is 12.4. The van der Waals surface area contributed by atoms with Crippen LogP contribution in [0.4, 0.5) is 5.82 Å². The van der Waals surface area contributed by atoms with Gasteiger partial charge < -0.3 is 15.0 Å². The third-order valence-corrected chi connectivity index (χ3v) is 2.97. The Morgan fingerprint density at radius 1 is 1.44 bits per heavy atom. The number of nitrogens with zero attached hydrogens (tertiary/aromatic N) is 2. The first-order valence-electron chi connectivity index (χ1n) is 6.18. The van der Waals surface area contributed by atoms with E-state index in [9.17, 15) is 4.79 Å². The average molecular weight is 249 g/mol. The first-order chi connectivity index (χ1) is 8.60. The van der Waals surface area contributed by atoms with E-state index < -0.39 is 0 Å². The molecule has 2 heterocycles. The van der Waals surface area contributed by atoms with Gasteiger partial charge in [-0.25, -0.2) is 4.98 Å². The fraction of sp³-hybridized carbons (Fsp3) is 0.538. The molecule has 1 aliphatic heterocycles. The Bertz CT molecular complexity index is 426. The SMILES string of the molecule is CNc1cc(C(=O)N2CC(C)OC(C)C2)ccn1. The Kier molecular flexibility index (Phi) is 3.81. The summed E-state index contributed by atoms with van der Waals surface area (Å²) >= 11 is 0. The molecule has 1 amide bonds. The van der Waals surface area contributed by atoms with E-state index >= 15 is 0 Å². The second kappa shape index (κ2) is 5.35. The van der Waals surface area contributed by atoms with Crippen molar-refractivity contribution in [1.29, 1.82) is 0 Å². The summed E-state index contributed by atoms with van der Waals surface area (Å²) in [5.41, 5.74) is 0.663. The van der Waals surface area contributed by atoms with Crippen LogP contribution in [0.2, 0.25) is 0 Å². The van der Waals surface area contributed by atoms with E-state index in [1.807, 2.05) is 18.7 Å². The Labute approximate surface area is 107 Å². The normalized spacial score (nSPS) is 23.8. The monoisotopic (exact) mass is 249 g/mol. The minimum absolute atomic E-state index is 0.0379. The second-order valence-electron chi connectivity index (χ2n) is 4.65. The molecule has 2 unspecified atom stereocenters. The molecule has 5 heteroatoms. The first kappa shape index (κ1) is 12.8. The molecule has 5 nitrogen and oxygen atoms in total. The lowest BCUT2D eigenvalue weighted by atomic mass is 10.1. The third-order valence-electron chi connectivity index (χ3n) is 2.97. The molecule has 1 aliphatic rings. The number of morpholine rings is 1. The van der Waals surface area contributed by atoms with Crippen LogP contribution in [-0.4, -0.2) is 48.1 Å². The van der Waals surface area contributed by atoms with Crippen molar-refractivity contribution in [3.05, 3.63) is 23.9 Å². The summed E-state index contributed by atoms with van der Waals surface area (Å²) in [4.78, 5) is 18.3. The minimum atomic E-state index is 0.0379. The van der Waals surface area contributed by atoms with Gasteiger partial charge in [0.1, 0.15) is 5.82 Å². The van der Waals surface area contributed by atoms with Crippen LogP contribution in [0, 0.1) is 0 Å². The van der Waals surface area contributed by atoms with Gasteiger partial charge in [-0.2, -0.15) is 0 Å². The summed E-state index contributed by atoms with van der Waals surface area (Å²) < 4.78 is 5.63. The number of aromatic nitrogens is 1. The number of nitrogens with one attached hydrogen (secondary N) is 1. The lowest BCUT2D eigenvalue weighted by molar-refractivity contribution is -0.0586. The van der Waals surface area contributed by atoms with Crippen molar-refractivity contribution in [2.75, 3.05) is 25.5 Å². The number of rotatable bonds is 2. The van der Waals surface area contributed by atoms with Crippen LogP contribution in [0.3, 0.4) is 0 Å². The van der Waals surface area contributed by atoms with Crippen molar-refractivity contribution >= 4 is 11.7 Å². The van der Waals surface area contributed by atoms with Gasteiger partial charge in [-0.05, 0) is 26.0 Å². The molecule has 0 spiro atoms. The topological polar surface area (TPSA) is 54.5 Å². The number of pyridine rings is 1. The number of amides is 1. The smallest absolute Gasteiger partial charge is 0.254 e. The standard InChI is InChI=1S/C13H19N3O2/c1-9-7-16(8-10(2)18-9)13(17)11-4-5-15-12(6-11)14-3/h4-6,9-10H,7-8H2,1-3H3,(H,14,15). The number of hydrogen-bond acceptors (Lipinski definition) is 4. The maximum atomic E-state index is 12.4. The summed E-state index contributed by atoms with van der Waals surface area (Å²) in [6.45, 7) is 5.25. The number of anilines is 1. The number of carbonyl (C=O) groups is 1. The second-order valence-corrected chi connectivity index (χ2v) is 4.65. The van der Waals surface area contributed by atoms with Crippen LogP contribution < -0.4 is 5.32 Å². The highest BCUT2D eigenvalue weighted by molar-refractivity contribution is 5.94. The highest BCUT2D eigenvalue weighted by Gasteiger charge is 2.26. The van der Waals surface area contributed by atoms with Gasteiger partial charge in [-0.3, -0.25) is 4.79 Å². The Balaban J connectivity index is 2.14. The van der Waals surface area contributed by atoms with Gasteiger partial charge in [0.15, 0.2) is 0 Å². The molecule has 1 aromatic rings. The molecule has 0 saturated carbocycles. The number of hydrogen-bond donors (Lipinski definition) is 1. The van der Waals surface area contributed by atoms with Gasteiger partial charge in [0.25, 0.3) is 5.91 Å². The number of ether oxygens (including phenoxy) is 1. The lowest BCUT2D eigenvalue weighted by Gasteiger charge is -2.35. The summed E-state index contributed by atoms with van der Waals surface area (Å²) in [6.07, 6.45) is 1.82. The molecule has 0 bridgehead atoms. The van der Waals surface area contributed by atoms with E-state index in [2.05, 4.69) is 10.3 Å². The first-order valence-corrected chi connectivity index (χ1v) is 6.18. The van der Waals surface area contributed by atoms with Crippen molar-refractivity contribution < 1.29 is 9.53 Å². The summed E-state index contributed by atoms with van der Waals surface area (Å²) in [5, 5.41) is 2.94. The molecule has 98 valence electrons. The molecule has 18 heavy (non-hydrogen) atoms. The van der Waals surface area contributed by atoms with Gasteiger partial charge in [-0.1, -0.05) is 0 Å². The maximum Gasteiger partial charge on any atom is 0.254 e. The zero-order valence-corrected chi connectivity index (χ0v) is 11.0. The van der Waals surface area contributed by atoms with Crippen LogP contribution >= 0.6 is 0 Å². The highest BCUT2D eigenvalue weighted by atomic mass is 16.5. The summed E-state index contributed by atoms with van der Waals surface area (Å²) in [6, 6.07) is 3.51. The summed E-state index contributed by atoms with van der Waals surface area (Å²) in [7, 11) is 1.79. The van der Waals surface area contributed by atoms with E-state index in [1.165, 1.54) is 0 Å². The summed E-state index contributed by atoms with van der Waals surface area (Å²) in [5.74, 6) is 0.742. The molecule has 1 aromatic heterocycles. The van der Waals surface area contributed by atoms with Crippen LogP contribution in [0.5, 0.6) is 0 Å². The van der Waals surface area contributed by atoms with Crippen LogP contribution in [-0.2, 0) is 4.74 Å². The fourth-order valence-corrected chi connectivity index (χ4v) is 2.23. The molecular formula is C13H19N3O2. The molecule has 2 atom stereocenters. The van der Waals surface area contributed by atoms with E-state index in [-0.39, 0.29) is 18.1 Å². The quantitative estimate of drug-likeness (QED) is 0.860. The third kappa shape index (κ3) is 2.79. The van der Waals surface area contributed by atoms with E-state index in [4.69, 9.17) is 4.74 Å². The molecule has 0 radical (unpaired) electrons. The van der Waals surface area contributed by atoms with Crippen molar-refractivity contribution in [1.82, 2.24) is 9.88 Å². The Morgan fingerprint density at radius 2 is 2.11 bits per heavy atom. The van der Waals surface area contributed by atoms with Crippen molar-refractivity contribution in [3.63, 3.8) is 0 Å². The fourth-order valence-electron chi connectivity index (χ4n) is 2.23. The van der Waals surface area contributed by atoms with E-state index in [0.717, 1.165) is 0 Å². The predicted octanol–water partition coefficient (Wildman–Crippen LogP) is 1.37. The van der Waals surface area contributed by atoms with Crippen molar-refractivity contribution in [2.24, 2.45) is 0 Å². The van der Waals surface area contributed by atoms with Gasteiger partial charge in [0.05, 0.1) is 12.2 Å². The predicted molar refractivity (Wildman–Crippen MR) is 69.7 cm³/mol. The average Bonchev–Trinajstić information content (AvgIpc) is 2.37. The minimum Gasteiger partial charge on any atom is -0.373 e. The van der Waals surface area contributed by atoms with Crippen LogP contribution in [0.15, 0.2) is 18.3 Å². The molecule has 0 aliphatic carbocycles. The van der Waals surface area contributed by atoms with Gasteiger partial charge >= 0.3 is 0 Å². The molecule has 1 fully saturated rings. The van der Waals surface area contributed by atoms with Crippen LogP contribution in [0.25, 0.3) is 0 Å². The van der Waals surface area contributed by atoms with Crippen molar-refractivity contribution in [3.8, 4) is 0 Å². The van der Waals surface area contributed by atoms with Gasteiger partial charge in [0.2, 0.25) is 0 Å². The molecule has 1 N–H and O–H groups in total. The zero-order valence-electron chi connectivity index (χ0n) is 11.0. The highest BCUT2D eigenvalue weighted by Crippen LogP contribution is 2.15. The molecular weight excluding hydrogens is 230 g/mol. The Morgan fingerprint density at radius 3 is 2.72 bits per heavy atom. The van der Waals surface area contributed by atoms with E-state index in [0.29, 0.717) is 24.5 Å². The lowest BCUT2D eigenvalue weighted by Crippen LogP contribution is -2.48. The zero-order chi connectivity index (χ0) is 13.1. The van der Waals surface area contributed by atoms with Crippen molar-refractivity contribution in [2.45, 2.75) is 26.1 Å². The molecule has 0 aromatic carbocycles. The van der Waals surface area contributed by atoms with Gasteiger partial charge in [0, 0.05) is 31.9 Å².